The summed E-state index contributed by atoms with van der Waals surface area (Å²) in [7, 11) is 0. The Bertz CT molecular complexity index is 765. The van der Waals surface area contributed by atoms with Gasteiger partial charge in [0.25, 0.3) is 5.19 Å². The number of thioether (sulfide) groups is 1. The number of rotatable bonds is 7. The minimum Gasteiger partial charge on any atom is -0.431 e. The summed E-state index contributed by atoms with van der Waals surface area (Å²) in [5.74, 6) is 0.947. The zero-order chi connectivity index (χ0) is 16.6. The van der Waals surface area contributed by atoms with Gasteiger partial charge in [0.15, 0.2) is 5.16 Å². The van der Waals surface area contributed by atoms with E-state index in [0.29, 0.717) is 16.9 Å². The van der Waals surface area contributed by atoms with Gasteiger partial charge in [0.05, 0.1) is 5.75 Å². The Morgan fingerprint density at radius 3 is 2.62 bits per heavy atom. The van der Waals surface area contributed by atoms with E-state index in [4.69, 9.17) is 4.74 Å². The molecule has 0 bridgehead atoms. The molecule has 0 fully saturated rings. The highest BCUT2D eigenvalue weighted by Gasteiger charge is 2.05. The van der Waals surface area contributed by atoms with Crippen LogP contribution < -0.4 is 10.1 Å². The van der Waals surface area contributed by atoms with Crippen molar-refractivity contribution in [3.8, 4) is 10.9 Å². The highest BCUT2D eigenvalue weighted by molar-refractivity contribution is 7.99. The molecule has 0 aliphatic heterocycles. The van der Waals surface area contributed by atoms with Crippen molar-refractivity contribution >= 4 is 29.0 Å². The Morgan fingerprint density at radius 1 is 1.12 bits per heavy atom. The summed E-state index contributed by atoms with van der Waals surface area (Å²) < 4.78 is 5.59. The van der Waals surface area contributed by atoms with Crippen LogP contribution >= 0.6 is 23.1 Å². The van der Waals surface area contributed by atoms with Gasteiger partial charge in [-0.3, -0.25) is 4.79 Å². The van der Waals surface area contributed by atoms with Crippen LogP contribution in [-0.4, -0.2) is 26.6 Å². The van der Waals surface area contributed by atoms with E-state index in [1.54, 1.807) is 24.7 Å². The van der Waals surface area contributed by atoms with Crippen LogP contribution in [-0.2, 0) is 11.3 Å². The molecule has 2 aromatic heterocycles. The number of nitrogens with one attached hydrogen (secondary N) is 1. The highest BCUT2D eigenvalue weighted by atomic mass is 32.2. The summed E-state index contributed by atoms with van der Waals surface area (Å²) in [4.78, 5) is 24.0. The lowest BCUT2D eigenvalue weighted by molar-refractivity contribution is -0.118. The summed E-state index contributed by atoms with van der Waals surface area (Å²) in [6.07, 6.45) is 5.01. The third kappa shape index (κ3) is 5.04. The lowest BCUT2D eigenvalue weighted by atomic mass is 10.2. The first-order valence-electron chi connectivity index (χ1n) is 7.12. The number of hydrogen-bond acceptors (Lipinski definition) is 7. The fourth-order valence-corrected chi connectivity index (χ4v) is 2.92. The number of aromatic nitrogens is 3. The Morgan fingerprint density at radius 2 is 1.92 bits per heavy atom. The van der Waals surface area contributed by atoms with Gasteiger partial charge in [-0.05, 0) is 23.8 Å². The molecule has 3 rings (SSSR count). The zero-order valence-corrected chi connectivity index (χ0v) is 14.2. The van der Waals surface area contributed by atoms with E-state index in [0.717, 1.165) is 11.3 Å². The molecule has 0 aliphatic rings. The molecule has 0 saturated carbocycles. The number of benzene rings is 1. The van der Waals surface area contributed by atoms with Crippen LogP contribution in [0.2, 0.25) is 0 Å². The molecule has 1 N–H and O–H groups in total. The second-order valence-electron chi connectivity index (χ2n) is 4.64. The van der Waals surface area contributed by atoms with Crippen molar-refractivity contribution in [3.05, 3.63) is 59.9 Å². The Balaban J connectivity index is 1.43. The molecule has 2 heterocycles. The van der Waals surface area contributed by atoms with Crippen LogP contribution in [0.15, 0.2) is 59.5 Å². The number of hydrogen-bond donors (Lipinski definition) is 1. The number of ether oxygens (including phenoxy) is 1. The van der Waals surface area contributed by atoms with E-state index in [9.17, 15) is 4.79 Å². The molecule has 122 valence electrons. The molecule has 1 amide bonds. The maximum absolute atomic E-state index is 11.8. The minimum absolute atomic E-state index is 0.0597. The van der Waals surface area contributed by atoms with Crippen LogP contribution in [0.1, 0.15) is 5.56 Å². The summed E-state index contributed by atoms with van der Waals surface area (Å²) in [6.45, 7) is 0.465. The molecule has 0 saturated heterocycles. The van der Waals surface area contributed by atoms with Crippen molar-refractivity contribution in [2.45, 2.75) is 11.7 Å². The van der Waals surface area contributed by atoms with E-state index >= 15 is 0 Å². The van der Waals surface area contributed by atoms with Crippen molar-refractivity contribution in [1.29, 1.82) is 0 Å². The molecule has 1 aromatic carbocycles. The quantitative estimate of drug-likeness (QED) is 0.516. The molecule has 3 aromatic rings. The van der Waals surface area contributed by atoms with E-state index in [1.165, 1.54) is 23.1 Å². The molecule has 0 unspecified atom stereocenters. The topological polar surface area (TPSA) is 77.0 Å². The molecular weight excluding hydrogens is 344 g/mol. The number of carbonyl (C=O) groups excluding carboxylic acids is 1. The molecular formula is C16H14N4O2S2. The largest absolute Gasteiger partial charge is 0.431 e. The SMILES string of the molecule is O=C(CSc1ncccn1)NCc1ccc(Oc2nccs2)cc1. The van der Waals surface area contributed by atoms with Gasteiger partial charge in [0.2, 0.25) is 5.91 Å². The average Bonchev–Trinajstić information content (AvgIpc) is 3.13. The lowest BCUT2D eigenvalue weighted by Gasteiger charge is -2.06. The molecule has 0 atom stereocenters. The number of thiazole rings is 1. The Hall–Kier alpha value is -2.45. The molecule has 0 radical (unpaired) electrons. The van der Waals surface area contributed by atoms with Crippen LogP contribution in [0.4, 0.5) is 0 Å². The standard InChI is InChI=1S/C16H14N4O2S2/c21-14(11-24-15-17-6-1-7-18-15)20-10-12-2-4-13(5-3-12)22-16-19-8-9-23-16/h1-9H,10-11H2,(H,20,21). The summed E-state index contributed by atoms with van der Waals surface area (Å²) in [6, 6.07) is 9.28. The van der Waals surface area contributed by atoms with Crippen LogP contribution in [0.3, 0.4) is 0 Å². The Labute approximate surface area is 147 Å². The molecule has 0 aliphatic carbocycles. The normalized spacial score (nSPS) is 10.3. The first-order valence-corrected chi connectivity index (χ1v) is 8.99. The van der Waals surface area contributed by atoms with Gasteiger partial charge >= 0.3 is 0 Å². The molecule has 0 spiro atoms. The van der Waals surface area contributed by atoms with Crippen molar-refractivity contribution in [2.24, 2.45) is 0 Å². The third-order valence-electron chi connectivity index (χ3n) is 2.90. The molecule has 6 nitrogen and oxygen atoms in total. The van der Waals surface area contributed by atoms with Crippen LogP contribution in [0.25, 0.3) is 0 Å². The van der Waals surface area contributed by atoms with E-state index < -0.39 is 0 Å². The van der Waals surface area contributed by atoms with Crippen LogP contribution in [0.5, 0.6) is 10.9 Å². The maximum atomic E-state index is 11.8. The lowest BCUT2D eigenvalue weighted by Crippen LogP contribution is -2.24. The summed E-state index contributed by atoms with van der Waals surface area (Å²) in [5, 5.41) is 5.93. The van der Waals surface area contributed by atoms with Gasteiger partial charge in [-0.15, -0.1) is 0 Å². The number of amides is 1. The van der Waals surface area contributed by atoms with Gasteiger partial charge in [-0.25, -0.2) is 15.0 Å². The van der Waals surface area contributed by atoms with Crippen molar-refractivity contribution in [1.82, 2.24) is 20.3 Å². The second kappa shape index (κ2) is 8.42. The summed E-state index contributed by atoms with van der Waals surface area (Å²) >= 11 is 2.75. The van der Waals surface area contributed by atoms with Gasteiger partial charge in [0, 0.05) is 30.5 Å². The Kier molecular flexibility index (Phi) is 5.75. The van der Waals surface area contributed by atoms with Crippen molar-refractivity contribution < 1.29 is 9.53 Å². The third-order valence-corrected chi connectivity index (χ3v) is 4.43. The number of nitrogens with zero attached hydrogens (tertiary/aromatic N) is 3. The van der Waals surface area contributed by atoms with Gasteiger partial charge in [-0.1, -0.05) is 35.2 Å². The zero-order valence-electron chi connectivity index (χ0n) is 12.6. The van der Waals surface area contributed by atoms with Gasteiger partial charge in [-0.2, -0.15) is 0 Å². The number of carbonyl (C=O) groups is 1. The summed E-state index contributed by atoms with van der Waals surface area (Å²) in [5.41, 5.74) is 0.996. The average molecular weight is 358 g/mol. The molecule has 8 heteroatoms. The van der Waals surface area contributed by atoms with Gasteiger partial charge in [0.1, 0.15) is 5.75 Å². The van der Waals surface area contributed by atoms with E-state index in [-0.39, 0.29) is 11.7 Å². The predicted octanol–water partition coefficient (Wildman–Crippen LogP) is 3.13. The molecule has 24 heavy (non-hydrogen) atoms. The van der Waals surface area contributed by atoms with Crippen molar-refractivity contribution in [3.63, 3.8) is 0 Å². The van der Waals surface area contributed by atoms with E-state index in [2.05, 4.69) is 20.3 Å². The monoisotopic (exact) mass is 358 g/mol. The minimum atomic E-state index is -0.0597. The smallest absolute Gasteiger partial charge is 0.278 e. The van der Waals surface area contributed by atoms with Crippen molar-refractivity contribution in [2.75, 3.05) is 5.75 Å². The predicted molar refractivity (Wildman–Crippen MR) is 93.2 cm³/mol. The maximum Gasteiger partial charge on any atom is 0.278 e. The van der Waals surface area contributed by atoms with Crippen LogP contribution in [0, 0.1) is 0 Å². The fourth-order valence-electron chi connectivity index (χ4n) is 1.78. The highest BCUT2D eigenvalue weighted by Crippen LogP contribution is 2.23. The van der Waals surface area contributed by atoms with E-state index in [1.807, 2.05) is 29.6 Å². The first-order chi connectivity index (χ1) is 11.8. The second-order valence-corrected chi connectivity index (χ2v) is 6.44. The fraction of sp³-hybridized carbons (Fsp3) is 0.125. The van der Waals surface area contributed by atoms with Gasteiger partial charge < -0.3 is 10.1 Å². The first kappa shape index (κ1) is 16.4.